The molecule has 1 N–H and O–H groups in total. The Labute approximate surface area is 113 Å². The van der Waals surface area contributed by atoms with Crippen LogP contribution in [0.2, 0.25) is 0 Å². The van der Waals surface area contributed by atoms with Crippen LogP contribution in [0.15, 0.2) is 30.3 Å². The average Bonchev–Trinajstić information content (AvgIpc) is 2.38. The maximum atomic E-state index is 12.6. The van der Waals surface area contributed by atoms with Gasteiger partial charge in [0, 0.05) is 6.54 Å². The summed E-state index contributed by atoms with van der Waals surface area (Å²) in [5, 5.41) is 1.61. The third-order valence-corrected chi connectivity index (χ3v) is 2.66. The third-order valence-electron chi connectivity index (χ3n) is 2.66. The number of hydrogen-bond donors (Lipinski definition) is 1. The van der Waals surface area contributed by atoms with Gasteiger partial charge in [-0.1, -0.05) is 30.3 Å². The molecule has 0 atom stereocenters. The van der Waals surface area contributed by atoms with Crippen LogP contribution in [0.5, 0.6) is 0 Å². The summed E-state index contributed by atoms with van der Waals surface area (Å²) in [6, 6.07) is 9.32. The summed E-state index contributed by atoms with van der Waals surface area (Å²) in [6.45, 7) is -0.211. The number of carbonyl (C=O) groups is 1. The second-order valence-corrected chi connectivity index (χ2v) is 4.27. The van der Waals surface area contributed by atoms with Gasteiger partial charge in [-0.2, -0.15) is 22.0 Å². The number of unbranched alkanes of at least 4 members (excludes halogenated alkanes) is 1. The van der Waals surface area contributed by atoms with Crippen molar-refractivity contribution in [3.8, 4) is 0 Å². The van der Waals surface area contributed by atoms with Crippen molar-refractivity contribution in [3.63, 3.8) is 0 Å². The minimum Gasteiger partial charge on any atom is -0.351 e. The van der Waals surface area contributed by atoms with E-state index in [1.165, 1.54) is 0 Å². The number of halogens is 5. The standard InChI is InChI=1S/C13H14F5NO/c14-12(15,13(16,17)18)11(20)19-9-5-4-8-10-6-2-1-3-7-10/h1-3,6-7H,4-5,8-9H2,(H,19,20). The van der Waals surface area contributed by atoms with Crippen molar-refractivity contribution in [2.75, 3.05) is 6.54 Å². The van der Waals surface area contributed by atoms with E-state index in [-0.39, 0.29) is 6.54 Å². The molecule has 0 aliphatic carbocycles. The predicted octanol–water partition coefficient (Wildman–Crippen LogP) is 3.32. The van der Waals surface area contributed by atoms with Gasteiger partial charge in [0.05, 0.1) is 0 Å². The monoisotopic (exact) mass is 295 g/mol. The molecule has 0 aromatic heterocycles. The van der Waals surface area contributed by atoms with Gasteiger partial charge in [-0.05, 0) is 24.8 Å². The van der Waals surface area contributed by atoms with Crippen LogP contribution >= 0.6 is 0 Å². The number of amides is 1. The Morgan fingerprint density at radius 2 is 1.60 bits per heavy atom. The highest BCUT2D eigenvalue weighted by molar-refractivity contribution is 5.84. The average molecular weight is 295 g/mol. The molecule has 2 nitrogen and oxygen atoms in total. The molecule has 0 saturated carbocycles. The Morgan fingerprint density at radius 3 is 2.15 bits per heavy atom. The van der Waals surface area contributed by atoms with E-state index in [9.17, 15) is 26.7 Å². The summed E-state index contributed by atoms with van der Waals surface area (Å²) in [6.07, 6.45) is -4.27. The highest BCUT2D eigenvalue weighted by Crippen LogP contribution is 2.35. The van der Waals surface area contributed by atoms with E-state index in [4.69, 9.17) is 0 Å². The van der Waals surface area contributed by atoms with Crippen LogP contribution in [0.25, 0.3) is 0 Å². The number of aryl methyl sites for hydroxylation is 1. The van der Waals surface area contributed by atoms with Crippen LogP contribution in [0, 0.1) is 0 Å². The smallest absolute Gasteiger partial charge is 0.351 e. The van der Waals surface area contributed by atoms with Crippen LogP contribution in [0.1, 0.15) is 18.4 Å². The summed E-state index contributed by atoms with van der Waals surface area (Å²) >= 11 is 0. The first-order valence-corrected chi connectivity index (χ1v) is 6.02. The molecule has 0 bridgehead atoms. The number of rotatable bonds is 6. The Kier molecular flexibility index (Phi) is 5.47. The highest BCUT2D eigenvalue weighted by Gasteiger charge is 2.63. The zero-order valence-corrected chi connectivity index (χ0v) is 10.5. The van der Waals surface area contributed by atoms with Crippen molar-refractivity contribution in [1.82, 2.24) is 5.32 Å². The van der Waals surface area contributed by atoms with Crippen molar-refractivity contribution in [3.05, 3.63) is 35.9 Å². The second kappa shape index (κ2) is 6.67. The van der Waals surface area contributed by atoms with Gasteiger partial charge in [-0.15, -0.1) is 0 Å². The molecule has 7 heteroatoms. The fourth-order valence-electron chi connectivity index (χ4n) is 1.54. The minimum atomic E-state index is -5.86. The fraction of sp³-hybridized carbons (Fsp3) is 0.462. The Bertz CT molecular complexity index is 430. The second-order valence-electron chi connectivity index (χ2n) is 4.27. The number of alkyl halides is 5. The molecule has 1 aromatic rings. The van der Waals surface area contributed by atoms with Crippen molar-refractivity contribution < 1.29 is 26.7 Å². The third kappa shape index (κ3) is 4.47. The maximum absolute atomic E-state index is 12.6. The molecule has 0 heterocycles. The van der Waals surface area contributed by atoms with E-state index >= 15 is 0 Å². The minimum absolute atomic E-state index is 0.211. The molecule has 0 unspecified atom stereocenters. The quantitative estimate of drug-likeness (QED) is 0.633. The van der Waals surface area contributed by atoms with Crippen LogP contribution < -0.4 is 5.32 Å². The SMILES string of the molecule is O=C(NCCCCc1ccccc1)C(F)(F)C(F)(F)F. The summed E-state index contributed by atoms with van der Waals surface area (Å²) < 4.78 is 60.7. The number of benzene rings is 1. The molecule has 0 radical (unpaired) electrons. The van der Waals surface area contributed by atoms with Gasteiger partial charge < -0.3 is 5.32 Å². The first-order chi connectivity index (χ1) is 9.25. The van der Waals surface area contributed by atoms with E-state index in [1.807, 2.05) is 30.3 Å². The molecule has 1 amide bonds. The van der Waals surface area contributed by atoms with Gasteiger partial charge in [0.25, 0.3) is 5.91 Å². The fourth-order valence-corrected chi connectivity index (χ4v) is 1.54. The molecule has 20 heavy (non-hydrogen) atoms. The molecule has 0 saturated heterocycles. The first kappa shape index (κ1) is 16.4. The van der Waals surface area contributed by atoms with Crippen molar-refractivity contribution >= 4 is 5.91 Å². The largest absolute Gasteiger partial charge is 0.463 e. The lowest BCUT2D eigenvalue weighted by Gasteiger charge is -2.18. The van der Waals surface area contributed by atoms with E-state index in [2.05, 4.69) is 0 Å². The van der Waals surface area contributed by atoms with Crippen LogP contribution in [0.3, 0.4) is 0 Å². The predicted molar refractivity (Wildman–Crippen MR) is 63.4 cm³/mol. The normalized spacial score (nSPS) is 12.2. The summed E-state index contributed by atoms with van der Waals surface area (Å²) in [4.78, 5) is 10.8. The van der Waals surface area contributed by atoms with Crippen molar-refractivity contribution in [2.24, 2.45) is 0 Å². The van der Waals surface area contributed by atoms with Crippen molar-refractivity contribution in [2.45, 2.75) is 31.4 Å². The number of carbonyl (C=O) groups excluding carboxylic acids is 1. The number of nitrogens with one attached hydrogen (secondary N) is 1. The highest BCUT2D eigenvalue weighted by atomic mass is 19.4. The van der Waals surface area contributed by atoms with E-state index in [1.54, 1.807) is 5.32 Å². The zero-order valence-electron chi connectivity index (χ0n) is 10.5. The molecule has 0 fully saturated rings. The lowest BCUT2D eigenvalue weighted by atomic mass is 10.1. The van der Waals surface area contributed by atoms with Crippen LogP contribution in [-0.4, -0.2) is 24.6 Å². The lowest BCUT2D eigenvalue weighted by molar-refractivity contribution is -0.269. The summed E-state index contributed by atoms with van der Waals surface area (Å²) in [5.41, 5.74) is 1.04. The van der Waals surface area contributed by atoms with Gasteiger partial charge in [0.15, 0.2) is 0 Å². The van der Waals surface area contributed by atoms with Crippen LogP contribution in [-0.2, 0) is 11.2 Å². The lowest BCUT2D eigenvalue weighted by Crippen LogP contribution is -2.50. The molecule has 1 aromatic carbocycles. The molecular weight excluding hydrogens is 281 g/mol. The van der Waals surface area contributed by atoms with Gasteiger partial charge in [0.2, 0.25) is 0 Å². The van der Waals surface area contributed by atoms with Gasteiger partial charge in [-0.3, -0.25) is 4.79 Å². The number of hydrogen-bond acceptors (Lipinski definition) is 1. The summed E-state index contributed by atoms with van der Waals surface area (Å²) in [5.74, 6) is -7.64. The summed E-state index contributed by atoms with van der Waals surface area (Å²) in [7, 11) is 0. The molecule has 0 aliphatic rings. The molecule has 112 valence electrons. The van der Waals surface area contributed by atoms with Gasteiger partial charge >= 0.3 is 12.1 Å². The molecule has 0 aliphatic heterocycles. The van der Waals surface area contributed by atoms with E-state index in [0.717, 1.165) is 5.56 Å². The van der Waals surface area contributed by atoms with E-state index in [0.29, 0.717) is 19.3 Å². The van der Waals surface area contributed by atoms with E-state index < -0.39 is 18.0 Å². The Morgan fingerprint density at radius 1 is 1.00 bits per heavy atom. The molecule has 0 spiro atoms. The molecule has 1 rings (SSSR count). The Hall–Kier alpha value is -1.66. The van der Waals surface area contributed by atoms with Gasteiger partial charge in [-0.25, -0.2) is 0 Å². The Balaban J connectivity index is 2.26. The zero-order chi connectivity index (χ0) is 15.2. The van der Waals surface area contributed by atoms with Crippen LogP contribution in [0.4, 0.5) is 22.0 Å². The molecular formula is C13H14F5NO. The van der Waals surface area contributed by atoms with Gasteiger partial charge in [0.1, 0.15) is 0 Å². The van der Waals surface area contributed by atoms with Crippen molar-refractivity contribution in [1.29, 1.82) is 0 Å². The maximum Gasteiger partial charge on any atom is 0.463 e. The topological polar surface area (TPSA) is 29.1 Å². The first-order valence-electron chi connectivity index (χ1n) is 6.02.